The van der Waals surface area contributed by atoms with Gasteiger partial charge in [-0.25, -0.2) is 9.78 Å². The molecule has 0 aliphatic heterocycles. The number of anilines is 2. The number of carbonyl (C=O) groups excluding carboxylic acids is 1. The predicted molar refractivity (Wildman–Crippen MR) is 113 cm³/mol. The highest BCUT2D eigenvalue weighted by Crippen LogP contribution is 2.35. The van der Waals surface area contributed by atoms with Crippen LogP contribution in [0.3, 0.4) is 0 Å². The normalized spacial score (nSPS) is 10.6. The molecule has 0 aliphatic carbocycles. The number of ether oxygens (including phenoxy) is 3. The number of esters is 1. The van der Waals surface area contributed by atoms with Crippen LogP contribution in [0.1, 0.15) is 30.1 Å². The second-order valence-corrected chi connectivity index (χ2v) is 6.60. The van der Waals surface area contributed by atoms with Gasteiger partial charge in [0.15, 0.2) is 11.5 Å². The Labute approximate surface area is 174 Å². The molecule has 1 N–H and O–H groups in total. The average Bonchev–Trinajstić information content (AvgIpc) is 2.73. The van der Waals surface area contributed by atoms with Gasteiger partial charge in [0.05, 0.1) is 31.9 Å². The minimum absolute atomic E-state index is 0.100. The molecule has 1 heterocycles. The number of nitrogens with one attached hydrogen (secondary N) is 1. The third-order valence-corrected chi connectivity index (χ3v) is 4.46. The number of carbonyl (C=O) groups is 1. The van der Waals surface area contributed by atoms with Gasteiger partial charge >= 0.3 is 5.97 Å². The number of halogens is 1. The highest BCUT2D eigenvalue weighted by atomic mass is 35.5. The Morgan fingerprint density at radius 1 is 1.07 bits per heavy atom. The molecule has 2 aromatic carbocycles. The Kier molecular flexibility index (Phi) is 6.72. The highest BCUT2D eigenvalue weighted by molar-refractivity contribution is 6.28. The summed E-state index contributed by atoms with van der Waals surface area (Å²) in [6.45, 7) is 2.47. The van der Waals surface area contributed by atoms with E-state index in [1.165, 1.54) is 0 Å². The molecule has 1 aromatic heterocycles. The summed E-state index contributed by atoms with van der Waals surface area (Å²) in [5, 5.41) is 4.03. The topological polar surface area (TPSA) is 82.6 Å². The zero-order valence-corrected chi connectivity index (χ0v) is 17.2. The zero-order valence-electron chi connectivity index (χ0n) is 16.5. The molecule has 0 saturated carbocycles. The first-order valence-corrected chi connectivity index (χ1v) is 9.57. The molecule has 8 heteroatoms. The van der Waals surface area contributed by atoms with Crippen molar-refractivity contribution in [2.75, 3.05) is 26.1 Å². The number of fused-ring (bicyclic) bond motifs is 1. The summed E-state index contributed by atoms with van der Waals surface area (Å²) in [6, 6.07) is 10.5. The zero-order chi connectivity index (χ0) is 20.8. The lowest BCUT2D eigenvalue weighted by molar-refractivity contribution is 0.0500. The van der Waals surface area contributed by atoms with Crippen LogP contribution >= 0.6 is 11.6 Å². The summed E-state index contributed by atoms with van der Waals surface area (Å²) in [5.41, 5.74) is 1.84. The third kappa shape index (κ3) is 4.86. The molecule has 0 unspecified atom stereocenters. The van der Waals surface area contributed by atoms with Crippen LogP contribution in [0.5, 0.6) is 11.5 Å². The van der Waals surface area contributed by atoms with E-state index in [0.29, 0.717) is 35.0 Å². The number of hydrogen-bond acceptors (Lipinski definition) is 7. The van der Waals surface area contributed by atoms with E-state index in [-0.39, 0.29) is 11.3 Å². The van der Waals surface area contributed by atoms with E-state index >= 15 is 0 Å². The van der Waals surface area contributed by atoms with E-state index in [1.54, 1.807) is 50.6 Å². The molecule has 0 fully saturated rings. The van der Waals surface area contributed by atoms with Gasteiger partial charge in [-0.2, -0.15) is 4.98 Å². The molecular weight excluding hydrogens is 394 g/mol. The van der Waals surface area contributed by atoms with Crippen molar-refractivity contribution >= 4 is 40.0 Å². The van der Waals surface area contributed by atoms with Crippen LogP contribution in [0.4, 0.5) is 11.5 Å². The fourth-order valence-electron chi connectivity index (χ4n) is 2.74. The molecule has 0 atom stereocenters. The minimum Gasteiger partial charge on any atom is -0.493 e. The summed E-state index contributed by atoms with van der Waals surface area (Å²) < 4.78 is 15.9. The van der Waals surface area contributed by atoms with Crippen molar-refractivity contribution in [2.45, 2.75) is 19.8 Å². The molecule has 0 aliphatic rings. The van der Waals surface area contributed by atoms with Gasteiger partial charge < -0.3 is 19.5 Å². The summed E-state index contributed by atoms with van der Waals surface area (Å²) >= 11 is 6.09. The Morgan fingerprint density at radius 3 is 2.41 bits per heavy atom. The smallest absolute Gasteiger partial charge is 0.338 e. The first kappa shape index (κ1) is 20.7. The Hall–Kier alpha value is -3.06. The summed E-state index contributed by atoms with van der Waals surface area (Å²) in [7, 11) is 3.12. The predicted octanol–water partition coefficient (Wildman–Crippen LogP) is 5.00. The van der Waals surface area contributed by atoms with Crippen LogP contribution in [0.2, 0.25) is 5.28 Å². The van der Waals surface area contributed by atoms with Crippen molar-refractivity contribution in [2.24, 2.45) is 0 Å². The van der Waals surface area contributed by atoms with Gasteiger partial charge in [-0.15, -0.1) is 0 Å². The summed E-state index contributed by atoms with van der Waals surface area (Å²) in [5.74, 6) is 1.28. The fraction of sp³-hybridized carbons (Fsp3) is 0.286. The van der Waals surface area contributed by atoms with Gasteiger partial charge in [0, 0.05) is 17.1 Å². The molecule has 152 valence electrons. The Morgan fingerprint density at radius 2 is 1.76 bits per heavy atom. The molecule has 0 spiro atoms. The van der Waals surface area contributed by atoms with Gasteiger partial charge in [-0.1, -0.05) is 13.3 Å². The van der Waals surface area contributed by atoms with Crippen molar-refractivity contribution in [3.63, 3.8) is 0 Å². The van der Waals surface area contributed by atoms with Crippen molar-refractivity contribution in [3.8, 4) is 11.5 Å². The Bertz CT molecular complexity index is 1010. The monoisotopic (exact) mass is 415 g/mol. The first-order chi connectivity index (χ1) is 14.0. The largest absolute Gasteiger partial charge is 0.493 e. The van der Waals surface area contributed by atoms with Crippen molar-refractivity contribution < 1.29 is 19.0 Å². The molecule has 0 amide bonds. The number of hydrogen-bond donors (Lipinski definition) is 1. The van der Waals surface area contributed by atoms with Crippen LogP contribution in [-0.4, -0.2) is 36.8 Å². The van der Waals surface area contributed by atoms with E-state index in [4.69, 9.17) is 25.8 Å². The SMILES string of the molecule is CCCCOC(=O)c1ccc(Nc2nc(Cl)nc3cc(OC)c(OC)cc23)cc1. The molecule has 7 nitrogen and oxygen atoms in total. The highest BCUT2D eigenvalue weighted by Gasteiger charge is 2.13. The van der Waals surface area contributed by atoms with E-state index < -0.39 is 0 Å². The van der Waals surface area contributed by atoms with Crippen molar-refractivity contribution in [1.29, 1.82) is 0 Å². The number of unbranched alkanes of at least 4 members (excludes halogenated alkanes) is 1. The minimum atomic E-state index is -0.336. The lowest BCUT2D eigenvalue weighted by Gasteiger charge is -2.13. The molecule has 0 radical (unpaired) electrons. The quantitative estimate of drug-likeness (QED) is 0.315. The van der Waals surface area contributed by atoms with Gasteiger partial charge in [0.1, 0.15) is 5.82 Å². The van der Waals surface area contributed by atoms with E-state index in [9.17, 15) is 4.79 Å². The van der Waals surface area contributed by atoms with Crippen LogP contribution in [0.15, 0.2) is 36.4 Å². The molecule has 0 saturated heterocycles. The number of nitrogens with zero attached hydrogens (tertiary/aromatic N) is 2. The maximum absolute atomic E-state index is 12.0. The standard InChI is InChI=1S/C21H22ClN3O4/c1-4-5-10-29-20(26)13-6-8-14(9-7-13)23-19-15-11-17(27-2)18(28-3)12-16(15)24-21(22)25-19/h6-9,11-12H,4-5,10H2,1-3H3,(H,23,24,25). The summed E-state index contributed by atoms with van der Waals surface area (Å²) in [4.78, 5) is 20.6. The maximum atomic E-state index is 12.0. The fourth-order valence-corrected chi connectivity index (χ4v) is 2.92. The molecule has 3 aromatic rings. The summed E-state index contributed by atoms with van der Waals surface area (Å²) in [6.07, 6.45) is 1.82. The van der Waals surface area contributed by atoms with E-state index in [0.717, 1.165) is 23.9 Å². The average molecular weight is 416 g/mol. The molecule has 3 rings (SSSR count). The number of rotatable bonds is 8. The van der Waals surface area contributed by atoms with Gasteiger partial charge in [0.25, 0.3) is 0 Å². The van der Waals surface area contributed by atoms with E-state index in [1.807, 2.05) is 6.92 Å². The van der Waals surface area contributed by atoms with Gasteiger partial charge in [0.2, 0.25) is 5.28 Å². The maximum Gasteiger partial charge on any atom is 0.338 e. The lowest BCUT2D eigenvalue weighted by Crippen LogP contribution is -2.06. The van der Waals surface area contributed by atoms with Crippen LogP contribution in [0.25, 0.3) is 10.9 Å². The van der Waals surface area contributed by atoms with Crippen LogP contribution < -0.4 is 14.8 Å². The third-order valence-electron chi connectivity index (χ3n) is 4.29. The van der Waals surface area contributed by atoms with Gasteiger partial charge in [-0.3, -0.25) is 0 Å². The first-order valence-electron chi connectivity index (χ1n) is 9.19. The number of aromatic nitrogens is 2. The second-order valence-electron chi connectivity index (χ2n) is 6.26. The Balaban J connectivity index is 1.86. The van der Waals surface area contributed by atoms with E-state index in [2.05, 4.69) is 15.3 Å². The number of methoxy groups -OCH3 is 2. The number of benzene rings is 2. The van der Waals surface area contributed by atoms with Crippen molar-refractivity contribution in [3.05, 3.63) is 47.2 Å². The molecular formula is C21H22ClN3O4. The van der Waals surface area contributed by atoms with Crippen LogP contribution in [0, 0.1) is 0 Å². The molecule has 0 bridgehead atoms. The van der Waals surface area contributed by atoms with Crippen LogP contribution in [-0.2, 0) is 4.74 Å². The second kappa shape index (κ2) is 9.43. The van der Waals surface area contributed by atoms with Crippen molar-refractivity contribution in [1.82, 2.24) is 9.97 Å². The van der Waals surface area contributed by atoms with Gasteiger partial charge in [-0.05, 0) is 48.4 Å². The lowest BCUT2D eigenvalue weighted by atomic mass is 10.2. The molecule has 29 heavy (non-hydrogen) atoms.